The standard InChI is InChI=1S/C20H31N5O2.2ClH/c21-16-2-1-15(11-16)19(27)24-9-6-20(7-10-24)5-3-18(26)25(13-20)8-4-17-12-22-14-23-17;;/h12,14-16H,1-11,13,21H2,(H,22,23);2*1H/t15-,16+;;/m0../s1. The Morgan fingerprint density at radius 1 is 1.24 bits per heavy atom. The molecule has 0 aromatic carbocycles. The molecule has 4 rings (SSSR count). The fraction of sp³-hybridized carbons (Fsp3) is 0.750. The molecule has 2 atom stereocenters. The SMILES string of the molecule is Cl.Cl.N[C@@H]1CC[C@H](C(=O)N2CCC3(CCC(=O)N(CCc4cnc[nH]4)C3)CC2)C1. The highest BCUT2D eigenvalue weighted by atomic mass is 35.5. The van der Waals surface area contributed by atoms with Crippen molar-refractivity contribution in [2.75, 3.05) is 26.2 Å². The van der Waals surface area contributed by atoms with E-state index in [2.05, 4.69) is 14.9 Å². The Hall–Kier alpha value is -1.31. The molecule has 7 nitrogen and oxygen atoms in total. The Morgan fingerprint density at radius 2 is 2.00 bits per heavy atom. The van der Waals surface area contributed by atoms with E-state index in [4.69, 9.17) is 5.73 Å². The molecule has 1 aliphatic carbocycles. The van der Waals surface area contributed by atoms with Crippen LogP contribution in [0.2, 0.25) is 0 Å². The Kier molecular flexibility index (Phi) is 8.37. The van der Waals surface area contributed by atoms with Crippen LogP contribution < -0.4 is 5.73 Å². The first-order chi connectivity index (χ1) is 13.0. The minimum Gasteiger partial charge on any atom is -0.348 e. The van der Waals surface area contributed by atoms with Crippen LogP contribution in [0.3, 0.4) is 0 Å². The molecule has 0 unspecified atom stereocenters. The lowest BCUT2D eigenvalue weighted by Crippen LogP contribution is -2.53. The van der Waals surface area contributed by atoms with Gasteiger partial charge in [-0.2, -0.15) is 0 Å². The van der Waals surface area contributed by atoms with Crippen molar-refractivity contribution in [3.63, 3.8) is 0 Å². The molecule has 3 N–H and O–H groups in total. The lowest BCUT2D eigenvalue weighted by Gasteiger charge is -2.47. The highest BCUT2D eigenvalue weighted by Crippen LogP contribution is 2.41. The number of hydrogen-bond acceptors (Lipinski definition) is 4. The van der Waals surface area contributed by atoms with Crippen LogP contribution in [0.4, 0.5) is 0 Å². The van der Waals surface area contributed by atoms with Gasteiger partial charge in [-0.05, 0) is 43.9 Å². The maximum Gasteiger partial charge on any atom is 0.225 e. The van der Waals surface area contributed by atoms with Gasteiger partial charge in [-0.1, -0.05) is 0 Å². The summed E-state index contributed by atoms with van der Waals surface area (Å²) >= 11 is 0. The van der Waals surface area contributed by atoms with Crippen molar-refractivity contribution in [3.8, 4) is 0 Å². The molecule has 1 spiro atoms. The predicted octanol–water partition coefficient (Wildman–Crippen LogP) is 2.15. The van der Waals surface area contributed by atoms with E-state index >= 15 is 0 Å². The topological polar surface area (TPSA) is 95.3 Å². The summed E-state index contributed by atoms with van der Waals surface area (Å²) in [4.78, 5) is 36.4. The van der Waals surface area contributed by atoms with Crippen LogP contribution in [0.25, 0.3) is 0 Å². The molecular formula is C20H33Cl2N5O2. The van der Waals surface area contributed by atoms with Crippen LogP contribution in [-0.2, 0) is 16.0 Å². The minimum absolute atomic E-state index is 0. The first kappa shape index (κ1) is 24.0. The third kappa shape index (κ3) is 5.44. The lowest BCUT2D eigenvalue weighted by atomic mass is 9.72. The number of piperidine rings is 2. The smallest absolute Gasteiger partial charge is 0.225 e. The van der Waals surface area contributed by atoms with Gasteiger partial charge in [0.1, 0.15) is 0 Å². The molecule has 2 aliphatic heterocycles. The van der Waals surface area contributed by atoms with Crippen LogP contribution >= 0.6 is 24.8 Å². The number of imidazole rings is 1. The number of H-pyrrole nitrogens is 1. The van der Waals surface area contributed by atoms with E-state index in [1.54, 1.807) is 6.33 Å². The van der Waals surface area contributed by atoms with Gasteiger partial charge in [0.15, 0.2) is 0 Å². The number of hydrogen-bond donors (Lipinski definition) is 2. The summed E-state index contributed by atoms with van der Waals surface area (Å²) in [6.45, 7) is 3.22. The van der Waals surface area contributed by atoms with Gasteiger partial charge in [-0.3, -0.25) is 9.59 Å². The van der Waals surface area contributed by atoms with E-state index in [-0.39, 0.29) is 48.1 Å². The first-order valence-electron chi connectivity index (χ1n) is 10.3. The summed E-state index contributed by atoms with van der Waals surface area (Å²) in [7, 11) is 0. The first-order valence-corrected chi connectivity index (χ1v) is 10.3. The second-order valence-corrected chi connectivity index (χ2v) is 8.74. The highest BCUT2D eigenvalue weighted by molar-refractivity contribution is 5.85. The van der Waals surface area contributed by atoms with Gasteiger partial charge in [0.05, 0.1) is 6.33 Å². The molecule has 3 aliphatic rings. The van der Waals surface area contributed by atoms with Crippen molar-refractivity contribution >= 4 is 36.6 Å². The van der Waals surface area contributed by atoms with Crippen molar-refractivity contribution in [1.29, 1.82) is 0 Å². The largest absolute Gasteiger partial charge is 0.348 e. The molecule has 9 heteroatoms. The van der Waals surface area contributed by atoms with Crippen molar-refractivity contribution in [2.45, 2.75) is 57.4 Å². The average Bonchev–Trinajstić information content (AvgIpc) is 3.34. The number of aromatic nitrogens is 2. The minimum atomic E-state index is 0. The molecule has 1 aromatic heterocycles. The van der Waals surface area contributed by atoms with E-state index in [0.29, 0.717) is 12.3 Å². The van der Waals surface area contributed by atoms with Crippen molar-refractivity contribution in [1.82, 2.24) is 19.8 Å². The number of aromatic amines is 1. The number of likely N-dealkylation sites (tertiary alicyclic amines) is 2. The zero-order chi connectivity index (χ0) is 18.9. The van der Waals surface area contributed by atoms with Crippen molar-refractivity contribution in [3.05, 3.63) is 18.2 Å². The van der Waals surface area contributed by atoms with Crippen LogP contribution in [0.5, 0.6) is 0 Å². The number of halogens is 2. The fourth-order valence-corrected chi connectivity index (χ4v) is 5.09. The van der Waals surface area contributed by atoms with E-state index in [9.17, 15) is 9.59 Å². The average molecular weight is 446 g/mol. The van der Waals surface area contributed by atoms with Crippen molar-refractivity contribution < 1.29 is 9.59 Å². The number of carbonyl (C=O) groups is 2. The lowest BCUT2D eigenvalue weighted by molar-refractivity contribution is -0.144. The Labute approximate surface area is 185 Å². The van der Waals surface area contributed by atoms with Crippen molar-refractivity contribution in [2.24, 2.45) is 17.1 Å². The van der Waals surface area contributed by atoms with Gasteiger partial charge in [0, 0.05) is 62.9 Å². The van der Waals surface area contributed by atoms with Crippen LogP contribution in [0, 0.1) is 11.3 Å². The van der Waals surface area contributed by atoms with E-state index < -0.39 is 0 Å². The highest BCUT2D eigenvalue weighted by Gasteiger charge is 2.42. The molecule has 3 heterocycles. The van der Waals surface area contributed by atoms with Gasteiger partial charge in [0.2, 0.25) is 11.8 Å². The number of nitrogens with two attached hydrogens (primary N) is 1. The normalized spacial score (nSPS) is 26.2. The zero-order valence-corrected chi connectivity index (χ0v) is 18.5. The van der Waals surface area contributed by atoms with Gasteiger partial charge < -0.3 is 20.5 Å². The van der Waals surface area contributed by atoms with Crippen LogP contribution in [0.1, 0.15) is 50.6 Å². The predicted molar refractivity (Wildman–Crippen MR) is 116 cm³/mol. The maximum atomic E-state index is 12.8. The maximum absolute atomic E-state index is 12.8. The zero-order valence-electron chi connectivity index (χ0n) is 16.8. The van der Waals surface area contributed by atoms with Gasteiger partial charge in [0.25, 0.3) is 0 Å². The fourth-order valence-electron chi connectivity index (χ4n) is 5.09. The summed E-state index contributed by atoms with van der Waals surface area (Å²) in [6.07, 6.45) is 10.7. The Morgan fingerprint density at radius 3 is 2.62 bits per heavy atom. The summed E-state index contributed by atoms with van der Waals surface area (Å²) in [5.41, 5.74) is 7.23. The number of nitrogens with one attached hydrogen (secondary N) is 1. The Bertz CT molecular complexity index is 676. The third-order valence-corrected chi connectivity index (χ3v) is 6.91. The van der Waals surface area contributed by atoms with Crippen LogP contribution in [0.15, 0.2) is 12.5 Å². The molecule has 1 aromatic rings. The van der Waals surface area contributed by atoms with Gasteiger partial charge in [-0.25, -0.2) is 4.98 Å². The van der Waals surface area contributed by atoms with E-state index in [1.807, 2.05) is 11.1 Å². The monoisotopic (exact) mass is 445 g/mol. The summed E-state index contributed by atoms with van der Waals surface area (Å²) in [5, 5.41) is 0. The molecule has 1 saturated carbocycles. The molecule has 0 bridgehead atoms. The molecule has 0 radical (unpaired) electrons. The number of amides is 2. The summed E-state index contributed by atoms with van der Waals surface area (Å²) in [6, 6.07) is 0.197. The Balaban J connectivity index is 0.00000150. The molecule has 164 valence electrons. The summed E-state index contributed by atoms with van der Waals surface area (Å²) < 4.78 is 0. The van der Waals surface area contributed by atoms with E-state index in [1.165, 1.54) is 0 Å². The molecule has 2 amide bonds. The molecule has 2 saturated heterocycles. The van der Waals surface area contributed by atoms with E-state index in [0.717, 1.165) is 76.8 Å². The summed E-state index contributed by atoms with van der Waals surface area (Å²) in [5.74, 6) is 0.701. The number of carbonyl (C=O) groups excluding carboxylic acids is 2. The molecular weight excluding hydrogens is 413 g/mol. The third-order valence-electron chi connectivity index (χ3n) is 6.91. The second kappa shape index (κ2) is 10.1. The molecule has 29 heavy (non-hydrogen) atoms. The molecule has 3 fully saturated rings. The quantitative estimate of drug-likeness (QED) is 0.741. The number of rotatable bonds is 4. The van der Waals surface area contributed by atoms with Crippen LogP contribution in [-0.4, -0.2) is 63.8 Å². The number of nitrogens with zero attached hydrogens (tertiary/aromatic N) is 3. The van der Waals surface area contributed by atoms with Gasteiger partial charge >= 0.3 is 0 Å². The second-order valence-electron chi connectivity index (χ2n) is 8.74. The van der Waals surface area contributed by atoms with Gasteiger partial charge in [-0.15, -0.1) is 24.8 Å².